The average Bonchev–Trinajstić information content (AvgIpc) is 3.39. The summed E-state index contributed by atoms with van der Waals surface area (Å²) >= 11 is 0. The van der Waals surface area contributed by atoms with E-state index in [2.05, 4.69) is 32.9 Å². The van der Waals surface area contributed by atoms with E-state index in [0.717, 1.165) is 57.8 Å². The van der Waals surface area contributed by atoms with Crippen LogP contribution in [0.15, 0.2) is 12.2 Å². The third kappa shape index (κ3) is 60.9. The van der Waals surface area contributed by atoms with E-state index in [1.165, 1.54) is 283 Å². The Morgan fingerprint density at radius 2 is 0.452 bits per heavy atom. The van der Waals surface area contributed by atoms with Crippen LogP contribution in [-0.2, 0) is 28.6 Å². The minimum Gasteiger partial charge on any atom is -0.462 e. The normalized spacial score (nSPS) is 12.0. The summed E-state index contributed by atoms with van der Waals surface area (Å²) in [6.07, 6.45) is 73.6. The van der Waals surface area contributed by atoms with E-state index in [0.29, 0.717) is 19.3 Å². The molecule has 0 aromatic carbocycles. The molecule has 0 aromatic heterocycles. The van der Waals surface area contributed by atoms with Crippen molar-refractivity contribution in [1.82, 2.24) is 0 Å². The quantitative estimate of drug-likeness (QED) is 0.0261. The Bertz CT molecular complexity index is 1130. The van der Waals surface area contributed by atoms with Crippen molar-refractivity contribution in [3.8, 4) is 0 Å². The predicted octanol–water partition coefficient (Wildman–Crippen LogP) is 22.4. The third-order valence-electron chi connectivity index (χ3n) is 15.3. The van der Waals surface area contributed by atoms with E-state index in [9.17, 15) is 14.4 Å². The molecule has 6 nitrogen and oxygen atoms in total. The van der Waals surface area contributed by atoms with Crippen LogP contribution < -0.4 is 0 Å². The van der Waals surface area contributed by atoms with Crippen LogP contribution in [0.1, 0.15) is 380 Å². The van der Waals surface area contributed by atoms with E-state index in [-0.39, 0.29) is 31.1 Å². The van der Waals surface area contributed by atoms with Gasteiger partial charge in [-0.1, -0.05) is 328 Å². The molecule has 0 saturated heterocycles. The number of carbonyl (C=O) groups excluding carboxylic acids is 3. The number of rotatable bonds is 62. The molecule has 6 heteroatoms. The number of hydrogen-bond donors (Lipinski definition) is 0. The van der Waals surface area contributed by atoms with Crippen LogP contribution in [-0.4, -0.2) is 37.2 Å². The maximum Gasteiger partial charge on any atom is 0.306 e. The van der Waals surface area contributed by atoms with Crippen molar-refractivity contribution in [3.63, 3.8) is 0 Å². The summed E-state index contributed by atoms with van der Waals surface area (Å²) in [4.78, 5) is 38.4. The van der Waals surface area contributed by atoms with Crippen LogP contribution in [0.4, 0.5) is 0 Å². The summed E-state index contributed by atoms with van der Waals surface area (Å²) in [5, 5.41) is 0. The number of hydrogen-bond acceptors (Lipinski definition) is 6. The second-order valence-electron chi connectivity index (χ2n) is 22.7. The van der Waals surface area contributed by atoms with Gasteiger partial charge in [-0.25, -0.2) is 0 Å². The van der Waals surface area contributed by atoms with Crippen molar-refractivity contribution in [1.29, 1.82) is 0 Å². The highest BCUT2D eigenvalue weighted by molar-refractivity contribution is 5.71. The zero-order chi connectivity index (χ0) is 52.9. The van der Waals surface area contributed by atoms with Crippen LogP contribution in [0.25, 0.3) is 0 Å². The standard InChI is InChI=1S/C67H128O6/c1-4-7-10-13-16-19-22-25-28-31-33-34-35-37-39-42-45-48-51-54-57-60-66(69)72-63-64(62-71-65(68)59-56-53-50-47-44-41-38-30-27-24-21-18-15-12-9-6-3)73-67(70)61-58-55-52-49-46-43-40-36-32-29-26-23-20-17-14-11-8-5-2/h31,33,64H,4-30,32,34-63H2,1-3H3/b33-31-. The summed E-state index contributed by atoms with van der Waals surface area (Å²) in [6.45, 7) is 6.72. The monoisotopic (exact) mass is 1030 g/mol. The first kappa shape index (κ1) is 71.2. The van der Waals surface area contributed by atoms with E-state index in [4.69, 9.17) is 14.2 Å². The lowest BCUT2D eigenvalue weighted by Gasteiger charge is -2.18. The zero-order valence-corrected chi connectivity index (χ0v) is 49.7. The van der Waals surface area contributed by atoms with Gasteiger partial charge in [0.25, 0.3) is 0 Å². The Balaban J connectivity index is 4.29. The van der Waals surface area contributed by atoms with Crippen LogP contribution in [0.3, 0.4) is 0 Å². The van der Waals surface area contributed by atoms with Gasteiger partial charge in [0.15, 0.2) is 6.10 Å². The smallest absolute Gasteiger partial charge is 0.306 e. The molecule has 0 N–H and O–H groups in total. The van der Waals surface area contributed by atoms with Crippen LogP contribution in [0, 0.1) is 0 Å². The molecule has 0 aliphatic rings. The molecular formula is C67H128O6. The fourth-order valence-electron chi connectivity index (χ4n) is 10.3. The fourth-order valence-corrected chi connectivity index (χ4v) is 10.3. The van der Waals surface area contributed by atoms with E-state index >= 15 is 0 Å². The maximum absolute atomic E-state index is 12.9. The predicted molar refractivity (Wildman–Crippen MR) is 317 cm³/mol. The van der Waals surface area contributed by atoms with Gasteiger partial charge in [-0.2, -0.15) is 0 Å². The summed E-state index contributed by atoms with van der Waals surface area (Å²) in [7, 11) is 0. The summed E-state index contributed by atoms with van der Waals surface area (Å²) in [5.74, 6) is -0.832. The van der Waals surface area contributed by atoms with E-state index < -0.39 is 6.10 Å². The topological polar surface area (TPSA) is 78.9 Å². The number of ether oxygens (including phenoxy) is 3. The molecule has 0 rings (SSSR count). The second kappa shape index (κ2) is 62.7. The molecule has 432 valence electrons. The third-order valence-corrected chi connectivity index (χ3v) is 15.3. The molecule has 1 atom stereocenters. The van der Waals surface area contributed by atoms with Gasteiger partial charge in [-0.3, -0.25) is 14.4 Å². The minimum atomic E-state index is -0.766. The summed E-state index contributed by atoms with van der Waals surface area (Å²) < 4.78 is 17.0. The lowest BCUT2D eigenvalue weighted by atomic mass is 10.0. The Hall–Kier alpha value is -1.85. The van der Waals surface area contributed by atoms with Gasteiger partial charge < -0.3 is 14.2 Å². The maximum atomic E-state index is 12.9. The molecule has 0 bridgehead atoms. The molecule has 0 aromatic rings. The van der Waals surface area contributed by atoms with Crippen molar-refractivity contribution in [2.24, 2.45) is 0 Å². The highest BCUT2D eigenvalue weighted by Crippen LogP contribution is 2.18. The molecule has 0 radical (unpaired) electrons. The number of carbonyl (C=O) groups is 3. The first-order chi connectivity index (χ1) is 36.0. The summed E-state index contributed by atoms with van der Waals surface area (Å²) in [6, 6.07) is 0. The Kier molecular flexibility index (Phi) is 61.1. The second-order valence-corrected chi connectivity index (χ2v) is 22.7. The highest BCUT2D eigenvalue weighted by Gasteiger charge is 2.19. The number of unbranched alkanes of at least 4 members (excludes halogenated alkanes) is 49. The lowest BCUT2D eigenvalue weighted by Crippen LogP contribution is -2.30. The first-order valence-corrected chi connectivity index (χ1v) is 33.2. The molecule has 0 amide bonds. The van der Waals surface area contributed by atoms with Gasteiger partial charge in [0.1, 0.15) is 13.2 Å². The van der Waals surface area contributed by atoms with Crippen molar-refractivity contribution in [2.75, 3.05) is 13.2 Å². The Morgan fingerprint density at radius 1 is 0.260 bits per heavy atom. The number of allylic oxidation sites excluding steroid dienone is 2. The molecule has 0 aliphatic carbocycles. The molecule has 0 heterocycles. The van der Waals surface area contributed by atoms with Crippen LogP contribution in [0.2, 0.25) is 0 Å². The molecule has 0 aliphatic heterocycles. The van der Waals surface area contributed by atoms with Crippen molar-refractivity contribution in [2.45, 2.75) is 386 Å². The van der Waals surface area contributed by atoms with Crippen LogP contribution >= 0.6 is 0 Å². The van der Waals surface area contributed by atoms with Crippen molar-refractivity contribution < 1.29 is 28.6 Å². The van der Waals surface area contributed by atoms with Gasteiger partial charge in [-0.05, 0) is 44.9 Å². The molecule has 0 fully saturated rings. The molecular weight excluding hydrogens is 901 g/mol. The van der Waals surface area contributed by atoms with Gasteiger partial charge in [0.2, 0.25) is 0 Å². The average molecular weight is 1030 g/mol. The van der Waals surface area contributed by atoms with E-state index in [1.807, 2.05) is 0 Å². The fraction of sp³-hybridized carbons (Fsp3) is 0.925. The molecule has 1 unspecified atom stereocenters. The first-order valence-electron chi connectivity index (χ1n) is 33.2. The van der Waals surface area contributed by atoms with E-state index in [1.54, 1.807) is 0 Å². The van der Waals surface area contributed by atoms with Gasteiger partial charge in [0.05, 0.1) is 0 Å². The van der Waals surface area contributed by atoms with Crippen LogP contribution in [0.5, 0.6) is 0 Å². The lowest BCUT2D eigenvalue weighted by molar-refractivity contribution is -0.167. The van der Waals surface area contributed by atoms with Gasteiger partial charge in [0, 0.05) is 19.3 Å². The SMILES string of the molecule is CCCCCCCCCC/C=C\CCCCCCCCCCCC(=O)OCC(COC(=O)CCCCCCCCCCCCCCCCCC)OC(=O)CCCCCCCCCCCCCCCCCCCC. The molecule has 0 spiro atoms. The van der Waals surface area contributed by atoms with Crippen molar-refractivity contribution >= 4 is 17.9 Å². The molecule has 73 heavy (non-hydrogen) atoms. The van der Waals surface area contributed by atoms with Gasteiger partial charge >= 0.3 is 17.9 Å². The summed E-state index contributed by atoms with van der Waals surface area (Å²) in [5.41, 5.74) is 0. The zero-order valence-electron chi connectivity index (χ0n) is 49.7. The molecule has 0 saturated carbocycles. The van der Waals surface area contributed by atoms with Crippen molar-refractivity contribution in [3.05, 3.63) is 12.2 Å². The largest absolute Gasteiger partial charge is 0.462 e. The highest BCUT2D eigenvalue weighted by atomic mass is 16.6. The number of esters is 3. The Morgan fingerprint density at radius 3 is 0.685 bits per heavy atom. The Labute approximate surface area is 456 Å². The van der Waals surface area contributed by atoms with Gasteiger partial charge in [-0.15, -0.1) is 0 Å². The minimum absolute atomic E-state index is 0.0636.